The summed E-state index contributed by atoms with van der Waals surface area (Å²) in [5, 5.41) is 0. The molecule has 0 fully saturated rings. The van der Waals surface area contributed by atoms with E-state index in [9.17, 15) is 9.59 Å². The van der Waals surface area contributed by atoms with E-state index >= 15 is 0 Å². The van der Waals surface area contributed by atoms with E-state index in [0.29, 0.717) is 30.8 Å². The van der Waals surface area contributed by atoms with Gasteiger partial charge in [-0.1, -0.05) is 151 Å². The maximum atomic E-state index is 12.9. The van der Waals surface area contributed by atoms with Gasteiger partial charge in [-0.2, -0.15) is 0 Å². The fourth-order valence-electron chi connectivity index (χ4n) is 7.64. The van der Waals surface area contributed by atoms with E-state index in [4.69, 9.17) is 28.4 Å². The first-order valence-electron chi connectivity index (χ1n) is 24.8. The normalized spacial score (nSPS) is 11.4. The molecule has 8 nitrogen and oxygen atoms in total. The second-order valence-corrected chi connectivity index (χ2v) is 17.4. The molecule has 8 heteroatoms. The van der Waals surface area contributed by atoms with Crippen molar-refractivity contribution in [2.45, 2.75) is 124 Å². The molecule has 6 aromatic carbocycles. The number of ether oxygens (including phenoxy) is 6. The first-order valence-corrected chi connectivity index (χ1v) is 24.8. The average Bonchev–Trinajstić information content (AvgIpc) is 3.38. The second-order valence-electron chi connectivity index (χ2n) is 17.4. The Bertz CT molecular complexity index is 2340. The quantitative estimate of drug-likeness (QED) is 0.0326. The molecule has 0 saturated heterocycles. The molecule has 0 saturated carbocycles. The Morgan fingerprint density at radius 2 is 0.721 bits per heavy atom. The molecule has 0 aromatic heterocycles. The minimum atomic E-state index is -0.448. The Kier molecular flexibility index (Phi) is 21.4. The van der Waals surface area contributed by atoms with Crippen LogP contribution in [0, 0.1) is 0 Å². The molecule has 0 aliphatic heterocycles. The molecule has 6 aromatic rings. The third-order valence-corrected chi connectivity index (χ3v) is 11.9. The van der Waals surface area contributed by atoms with Crippen molar-refractivity contribution < 1.29 is 38.0 Å². The number of carbonyl (C=O) groups is 2. The second kappa shape index (κ2) is 28.6. The van der Waals surface area contributed by atoms with Gasteiger partial charge in [-0.3, -0.25) is 0 Å². The van der Waals surface area contributed by atoms with Crippen molar-refractivity contribution in [1.29, 1.82) is 0 Å². The highest BCUT2D eigenvalue weighted by Gasteiger charge is 2.15. The number of esters is 2. The molecule has 0 spiro atoms. The minimum absolute atomic E-state index is 0.114. The largest absolute Gasteiger partial charge is 0.494 e. The van der Waals surface area contributed by atoms with Crippen molar-refractivity contribution in [3.63, 3.8) is 0 Å². The van der Waals surface area contributed by atoms with Crippen LogP contribution in [0.25, 0.3) is 22.3 Å². The predicted octanol–water partition coefficient (Wildman–Crippen LogP) is 15.4. The van der Waals surface area contributed by atoms with Gasteiger partial charge in [0.05, 0.1) is 30.9 Å². The molecular formula is C60H70O8. The fourth-order valence-corrected chi connectivity index (χ4v) is 7.64. The SMILES string of the molecule is CCCCCCCCOc1ccc(-c2ccc(OCc3ccc(C(=O)OCCC(C)OC(=O)c4ccc(COc5ccc(-c6ccc(OCCCCCCCC)cc6)cc5)cc4)cc3)cc2)cc1. The van der Waals surface area contributed by atoms with Crippen LogP contribution in [0.3, 0.4) is 0 Å². The van der Waals surface area contributed by atoms with Crippen molar-refractivity contribution >= 4 is 11.9 Å². The van der Waals surface area contributed by atoms with Gasteiger partial charge in [0.2, 0.25) is 0 Å². The third kappa shape index (κ3) is 17.6. The molecule has 0 heterocycles. The molecule has 1 atom stereocenters. The van der Waals surface area contributed by atoms with E-state index in [1.165, 1.54) is 64.2 Å². The van der Waals surface area contributed by atoms with Crippen LogP contribution in [0.4, 0.5) is 0 Å². The number of rotatable bonds is 30. The lowest BCUT2D eigenvalue weighted by Crippen LogP contribution is -2.18. The number of carbonyl (C=O) groups excluding carboxylic acids is 2. The summed E-state index contributed by atoms with van der Waals surface area (Å²) in [5.74, 6) is 2.44. The van der Waals surface area contributed by atoms with Crippen molar-refractivity contribution in [2.24, 2.45) is 0 Å². The van der Waals surface area contributed by atoms with E-state index in [2.05, 4.69) is 38.1 Å². The summed E-state index contributed by atoms with van der Waals surface area (Å²) < 4.78 is 35.1. The van der Waals surface area contributed by atoms with Crippen LogP contribution < -0.4 is 18.9 Å². The van der Waals surface area contributed by atoms with Crippen LogP contribution >= 0.6 is 0 Å². The Morgan fingerprint density at radius 1 is 0.382 bits per heavy atom. The number of unbranched alkanes of at least 4 members (excludes halogenated alkanes) is 10. The van der Waals surface area contributed by atoms with E-state index in [0.717, 1.165) is 82.4 Å². The lowest BCUT2D eigenvalue weighted by atomic mass is 10.1. The highest BCUT2D eigenvalue weighted by molar-refractivity contribution is 5.90. The molecule has 68 heavy (non-hydrogen) atoms. The first kappa shape index (κ1) is 50.9. The molecule has 0 aliphatic rings. The maximum Gasteiger partial charge on any atom is 0.338 e. The van der Waals surface area contributed by atoms with Crippen molar-refractivity contribution in [2.75, 3.05) is 19.8 Å². The molecule has 0 bridgehead atoms. The number of hydrogen-bond acceptors (Lipinski definition) is 8. The Labute approximate surface area is 404 Å². The van der Waals surface area contributed by atoms with E-state index in [-0.39, 0.29) is 6.61 Å². The van der Waals surface area contributed by atoms with Crippen molar-refractivity contribution in [3.8, 4) is 45.3 Å². The molecule has 0 aliphatic carbocycles. The van der Waals surface area contributed by atoms with Crippen LogP contribution in [0.2, 0.25) is 0 Å². The van der Waals surface area contributed by atoms with E-state index < -0.39 is 18.0 Å². The standard InChI is InChI=1S/C60H70O8/c1-4-6-8-10-12-14-41-63-55-32-24-49(25-33-55)51-28-36-57(37-29-51)66-44-47-16-20-53(21-17-47)59(61)65-43-40-46(3)68-60(62)54-22-18-48(19-23-54)45-67-58-38-30-52(31-39-58)50-26-34-56(35-27-50)64-42-15-13-11-9-7-5-2/h16-39,46H,4-15,40-45H2,1-3H3. The van der Waals surface area contributed by atoms with Gasteiger partial charge in [-0.15, -0.1) is 0 Å². The van der Waals surface area contributed by atoms with Crippen LogP contribution in [-0.4, -0.2) is 37.9 Å². The first-order chi connectivity index (χ1) is 33.4. The highest BCUT2D eigenvalue weighted by Crippen LogP contribution is 2.27. The molecule has 0 radical (unpaired) electrons. The van der Waals surface area contributed by atoms with Gasteiger partial charge in [0.1, 0.15) is 42.3 Å². The average molecular weight is 919 g/mol. The zero-order valence-corrected chi connectivity index (χ0v) is 40.4. The molecule has 1 unspecified atom stereocenters. The monoisotopic (exact) mass is 919 g/mol. The smallest absolute Gasteiger partial charge is 0.338 e. The molecule has 0 N–H and O–H groups in total. The van der Waals surface area contributed by atoms with Crippen LogP contribution in [-0.2, 0) is 22.7 Å². The topological polar surface area (TPSA) is 89.5 Å². The van der Waals surface area contributed by atoms with Gasteiger partial charge in [0, 0.05) is 6.42 Å². The zero-order chi connectivity index (χ0) is 47.6. The highest BCUT2D eigenvalue weighted by atomic mass is 16.6. The fraction of sp³-hybridized carbons (Fsp3) is 0.367. The summed E-state index contributed by atoms with van der Waals surface area (Å²) >= 11 is 0. The van der Waals surface area contributed by atoms with Gasteiger partial charge in [0.25, 0.3) is 0 Å². The summed E-state index contributed by atoms with van der Waals surface area (Å²) in [4.78, 5) is 25.6. The van der Waals surface area contributed by atoms with Gasteiger partial charge < -0.3 is 28.4 Å². The van der Waals surface area contributed by atoms with Crippen molar-refractivity contribution in [1.82, 2.24) is 0 Å². The minimum Gasteiger partial charge on any atom is -0.494 e. The van der Waals surface area contributed by atoms with Gasteiger partial charge >= 0.3 is 11.9 Å². The zero-order valence-electron chi connectivity index (χ0n) is 40.4. The predicted molar refractivity (Wildman–Crippen MR) is 273 cm³/mol. The molecular weight excluding hydrogens is 849 g/mol. The van der Waals surface area contributed by atoms with E-state index in [1.807, 2.05) is 97.1 Å². The summed E-state index contributed by atoms with van der Waals surface area (Å²) in [6.07, 6.45) is 14.9. The molecule has 6 rings (SSSR count). The van der Waals surface area contributed by atoms with E-state index in [1.54, 1.807) is 31.2 Å². The molecule has 358 valence electrons. The number of hydrogen-bond donors (Lipinski definition) is 0. The summed E-state index contributed by atoms with van der Waals surface area (Å²) in [6, 6.07) is 46.9. The van der Waals surface area contributed by atoms with Crippen LogP contribution in [0.1, 0.15) is 136 Å². The summed E-state index contributed by atoms with van der Waals surface area (Å²) in [6.45, 7) is 8.61. The summed E-state index contributed by atoms with van der Waals surface area (Å²) in [7, 11) is 0. The van der Waals surface area contributed by atoms with Crippen molar-refractivity contribution in [3.05, 3.63) is 168 Å². The third-order valence-electron chi connectivity index (χ3n) is 11.9. The molecule has 0 amide bonds. The van der Waals surface area contributed by atoms with Gasteiger partial charge in [0.15, 0.2) is 0 Å². The Balaban J connectivity index is 0.831. The van der Waals surface area contributed by atoms with Crippen LogP contribution in [0.5, 0.6) is 23.0 Å². The Hall–Kier alpha value is -6.54. The maximum absolute atomic E-state index is 12.9. The lowest BCUT2D eigenvalue weighted by molar-refractivity contribution is 0.0228. The van der Waals surface area contributed by atoms with Gasteiger partial charge in [-0.05, 0) is 126 Å². The lowest BCUT2D eigenvalue weighted by Gasteiger charge is -2.14. The van der Waals surface area contributed by atoms with Gasteiger partial charge in [-0.25, -0.2) is 9.59 Å². The summed E-state index contributed by atoms with van der Waals surface area (Å²) in [5.41, 5.74) is 7.16. The Morgan fingerprint density at radius 3 is 1.10 bits per heavy atom. The van der Waals surface area contributed by atoms with Crippen LogP contribution in [0.15, 0.2) is 146 Å². The number of benzene rings is 6.